The lowest BCUT2D eigenvalue weighted by Gasteiger charge is -2.19. The monoisotopic (exact) mass is 324 g/mol. The van der Waals surface area contributed by atoms with Crippen LogP contribution >= 0.6 is 15.9 Å². The molecule has 19 heavy (non-hydrogen) atoms. The highest BCUT2D eigenvalue weighted by Crippen LogP contribution is 2.20. The van der Waals surface area contributed by atoms with E-state index in [0.717, 1.165) is 16.6 Å². The molecule has 102 valence electrons. The van der Waals surface area contributed by atoms with Gasteiger partial charge in [-0.25, -0.2) is 0 Å². The van der Waals surface area contributed by atoms with Gasteiger partial charge in [-0.15, -0.1) is 0 Å². The van der Waals surface area contributed by atoms with E-state index in [1.807, 2.05) is 45.0 Å². The number of rotatable bonds is 3. The average molecular weight is 325 g/mol. The number of halogens is 1. The second kappa shape index (κ2) is 5.33. The Hall–Kier alpha value is -1.36. The minimum absolute atomic E-state index is 0.130. The number of carbonyl (C=O) groups excluding carboxylic acids is 1. The van der Waals surface area contributed by atoms with Crippen molar-refractivity contribution < 1.29 is 9.53 Å². The molecule has 1 heterocycles. The van der Waals surface area contributed by atoms with Crippen molar-refractivity contribution in [2.75, 3.05) is 0 Å². The standard InChI is InChI=1S/C14H17BrN2O2/c1-14(2,3)19-13(18)9-17-12-7-5-4-6-10(12)11(8-15)16-17/h4-7H,8-9H2,1-3H3. The lowest BCUT2D eigenvalue weighted by molar-refractivity contribution is -0.155. The molecule has 0 aliphatic rings. The maximum absolute atomic E-state index is 11.9. The minimum Gasteiger partial charge on any atom is -0.459 e. The van der Waals surface area contributed by atoms with Crippen LogP contribution in [0.15, 0.2) is 24.3 Å². The molecule has 0 saturated carbocycles. The maximum atomic E-state index is 11.9. The van der Waals surface area contributed by atoms with Crippen molar-refractivity contribution in [1.82, 2.24) is 9.78 Å². The van der Waals surface area contributed by atoms with Gasteiger partial charge in [0.2, 0.25) is 0 Å². The van der Waals surface area contributed by atoms with Crippen LogP contribution in [-0.2, 0) is 21.4 Å². The van der Waals surface area contributed by atoms with Crippen LogP contribution in [0.5, 0.6) is 0 Å². The first-order valence-electron chi connectivity index (χ1n) is 6.13. The summed E-state index contributed by atoms with van der Waals surface area (Å²) in [6, 6.07) is 7.87. The van der Waals surface area contributed by atoms with Gasteiger partial charge < -0.3 is 4.74 Å². The first-order chi connectivity index (χ1) is 8.90. The lowest BCUT2D eigenvalue weighted by atomic mass is 10.2. The molecule has 1 aromatic heterocycles. The van der Waals surface area contributed by atoms with Gasteiger partial charge in [0, 0.05) is 10.7 Å². The van der Waals surface area contributed by atoms with Gasteiger partial charge in [0.1, 0.15) is 12.1 Å². The molecule has 0 bridgehead atoms. The fourth-order valence-electron chi connectivity index (χ4n) is 1.91. The third-order valence-electron chi connectivity index (χ3n) is 2.56. The molecule has 0 atom stereocenters. The summed E-state index contributed by atoms with van der Waals surface area (Å²) in [5.74, 6) is -0.276. The molecule has 0 N–H and O–H groups in total. The Labute approximate surface area is 120 Å². The highest BCUT2D eigenvalue weighted by atomic mass is 79.9. The summed E-state index contributed by atoms with van der Waals surface area (Å²) >= 11 is 3.41. The molecular weight excluding hydrogens is 308 g/mol. The van der Waals surface area contributed by atoms with Crippen LogP contribution in [0.4, 0.5) is 0 Å². The van der Waals surface area contributed by atoms with Crippen LogP contribution in [0.25, 0.3) is 10.9 Å². The molecule has 0 saturated heterocycles. The van der Waals surface area contributed by atoms with E-state index in [0.29, 0.717) is 5.33 Å². The fourth-order valence-corrected chi connectivity index (χ4v) is 2.33. The first kappa shape index (κ1) is 14.1. The predicted octanol–water partition coefficient (Wildman–Crippen LogP) is 3.27. The number of fused-ring (bicyclic) bond motifs is 1. The normalized spacial score (nSPS) is 11.8. The highest BCUT2D eigenvalue weighted by molar-refractivity contribution is 9.08. The molecule has 5 heteroatoms. The van der Waals surface area contributed by atoms with Gasteiger partial charge in [-0.05, 0) is 26.8 Å². The zero-order chi connectivity index (χ0) is 14.0. The summed E-state index contributed by atoms with van der Waals surface area (Å²) in [7, 11) is 0. The molecule has 0 fully saturated rings. The molecule has 0 aliphatic carbocycles. The molecule has 0 spiro atoms. The molecular formula is C14H17BrN2O2. The van der Waals surface area contributed by atoms with Gasteiger partial charge in [0.05, 0.1) is 11.2 Å². The van der Waals surface area contributed by atoms with Crippen molar-refractivity contribution in [2.45, 2.75) is 38.2 Å². The highest BCUT2D eigenvalue weighted by Gasteiger charge is 2.18. The van der Waals surface area contributed by atoms with E-state index in [4.69, 9.17) is 4.74 Å². The Morgan fingerprint density at radius 2 is 2.05 bits per heavy atom. The number of esters is 1. The molecule has 0 radical (unpaired) electrons. The first-order valence-corrected chi connectivity index (χ1v) is 7.25. The van der Waals surface area contributed by atoms with Crippen molar-refractivity contribution in [3.63, 3.8) is 0 Å². The summed E-state index contributed by atoms with van der Waals surface area (Å²) < 4.78 is 7.02. The van der Waals surface area contributed by atoms with E-state index < -0.39 is 5.60 Å². The number of hydrogen-bond donors (Lipinski definition) is 0. The Morgan fingerprint density at radius 1 is 1.37 bits per heavy atom. The maximum Gasteiger partial charge on any atom is 0.328 e. The van der Waals surface area contributed by atoms with Crippen LogP contribution in [0, 0.1) is 0 Å². The number of hydrogen-bond acceptors (Lipinski definition) is 3. The number of carbonyl (C=O) groups is 1. The van der Waals surface area contributed by atoms with E-state index >= 15 is 0 Å². The van der Waals surface area contributed by atoms with E-state index in [2.05, 4.69) is 21.0 Å². The van der Waals surface area contributed by atoms with Crippen LogP contribution in [0.1, 0.15) is 26.5 Å². The SMILES string of the molecule is CC(C)(C)OC(=O)Cn1nc(CBr)c2ccccc21. The van der Waals surface area contributed by atoms with Crippen molar-refractivity contribution in [3.05, 3.63) is 30.0 Å². The number of aromatic nitrogens is 2. The molecule has 0 unspecified atom stereocenters. The van der Waals surface area contributed by atoms with E-state index in [9.17, 15) is 4.79 Å². The quantitative estimate of drug-likeness (QED) is 0.643. The Bertz CT molecular complexity index is 599. The molecule has 2 aromatic rings. The Morgan fingerprint density at radius 3 is 2.68 bits per heavy atom. The Balaban J connectivity index is 2.28. The third-order valence-corrected chi connectivity index (χ3v) is 3.09. The van der Waals surface area contributed by atoms with Crippen LogP contribution < -0.4 is 0 Å². The molecule has 0 aliphatic heterocycles. The number of alkyl halides is 1. The van der Waals surface area contributed by atoms with Crippen LogP contribution in [0.3, 0.4) is 0 Å². The third kappa shape index (κ3) is 3.35. The summed E-state index contributed by atoms with van der Waals surface area (Å²) in [6.07, 6.45) is 0. The van der Waals surface area contributed by atoms with Gasteiger partial charge in [-0.1, -0.05) is 34.1 Å². The van der Waals surface area contributed by atoms with Crippen molar-refractivity contribution in [3.8, 4) is 0 Å². The van der Waals surface area contributed by atoms with Gasteiger partial charge in [0.15, 0.2) is 0 Å². The molecule has 0 amide bonds. The van der Waals surface area contributed by atoms with E-state index in [1.54, 1.807) is 4.68 Å². The predicted molar refractivity (Wildman–Crippen MR) is 78.2 cm³/mol. The Kier molecular flexibility index (Phi) is 3.94. The van der Waals surface area contributed by atoms with Crippen molar-refractivity contribution >= 4 is 32.8 Å². The minimum atomic E-state index is -0.474. The van der Waals surface area contributed by atoms with Gasteiger partial charge >= 0.3 is 5.97 Å². The van der Waals surface area contributed by atoms with Crippen LogP contribution in [-0.4, -0.2) is 21.4 Å². The summed E-state index contributed by atoms with van der Waals surface area (Å²) in [4.78, 5) is 11.9. The van der Waals surface area contributed by atoms with Gasteiger partial charge in [-0.2, -0.15) is 5.10 Å². The largest absolute Gasteiger partial charge is 0.459 e. The number of para-hydroxylation sites is 1. The van der Waals surface area contributed by atoms with Gasteiger partial charge in [0.25, 0.3) is 0 Å². The van der Waals surface area contributed by atoms with Crippen molar-refractivity contribution in [2.24, 2.45) is 0 Å². The fraction of sp³-hybridized carbons (Fsp3) is 0.429. The molecule has 1 aromatic carbocycles. The molecule has 4 nitrogen and oxygen atoms in total. The average Bonchev–Trinajstić information content (AvgIpc) is 2.65. The second-order valence-electron chi connectivity index (χ2n) is 5.34. The van der Waals surface area contributed by atoms with Crippen molar-refractivity contribution in [1.29, 1.82) is 0 Å². The lowest BCUT2D eigenvalue weighted by Crippen LogP contribution is -2.26. The van der Waals surface area contributed by atoms with E-state index in [-0.39, 0.29) is 12.5 Å². The zero-order valence-corrected chi connectivity index (χ0v) is 12.9. The summed E-state index contributed by atoms with van der Waals surface area (Å²) in [5.41, 5.74) is 1.40. The zero-order valence-electron chi connectivity index (χ0n) is 11.3. The second-order valence-corrected chi connectivity index (χ2v) is 5.90. The summed E-state index contributed by atoms with van der Waals surface area (Å²) in [5, 5.41) is 6.17. The summed E-state index contributed by atoms with van der Waals surface area (Å²) in [6.45, 7) is 5.70. The topological polar surface area (TPSA) is 44.1 Å². The smallest absolute Gasteiger partial charge is 0.328 e. The number of nitrogens with zero attached hydrogens (tertiary/aromatic N) is 2. The van der Waals surface area contributed by atoms with Crippen LogP contribution in [0.2, 0.25) is 0 Å². The number of ether oxygens (including phenoxy) is 1. The molecule has 2 rings (SSSR count). The van der Waals surface area contributed by atoms with E-state index in [1.165, 1.54) is 0 Å². The number of benzene rings is 1. The van der Waals surface area contributed by atoms with Gasteiger partial charge in [-0.3, -0.25) is 9.48 Å².